The third kappa shape index (κ3) is 4.77. The summed E-state index contributed by atoms with van der Waals surface area (Å²) in [5, 5.41) is 8.31. The molecule has 2 aromatic carbocycles. The summed E-state index contributed by atoms with van der Waals surface area (Å²) in [4.78, 5) is 14.8. The number of hydrogen-bond acceptors (Lipinski definition) is 5. The van der Waals surface area contributed by atoms with Crippen LogP contribution >= 0.6 is 0 Å². The van der Waals surface area contributed by atoms with E-state index in [9.17, 15) is 4.79 Å². The van der Waals surface area contributed by atoms with Crippen LogP contribution in [0.3, 0.4) is 0 Å². The number of ether oxygens (including phenoxy) is 2. The first kappa shape index (κ1) is 20.7. The molecule has 1 saturated heterocycles. The van der Waals surface area contributed by atoms with E-state index in [-0.39, 0.29) is 11.9 Å². The summed E-state index contributed by atoms with van der Waals surface area (Å²) in [6.45, 7) is 1.34. The highest BCUT2D eigenvalue weighted by Crippen LogP contribution is 2.39. The van der Waals surface area contributed by atoms with E-state index in [1.807, 2.05) is 59.6 Å². The number of amides is 1. The molecule has 4 rings (SSSR count). The summed E-state index contributed by atoms with van der Waals surface area (Å²) < 4.78 is 12.7. The molecule has 1 unspecified atom stereocenters. The van der Waals surface area contributed by atoms with Gasteiger partial charge in [0, 0.05) is 18.2 Å². The number of hydrogen-bond donors (Lipinski definition) is 0. The summed E-state index contributed by atoms with van der Waals surface area (Å²) >= 11 is 0. The largest absolute Gasteiger partial charge is 0.497 e. The van der Waals surface area contributed by atoms with E-state index in [0.717, 1.165) is 35.5 Å². The molecule has 2 heterocycles. The molecule has 1 atom stereocenters. The maximum Gasteiger partial charge on any atom is 0.247 e. The van der Waals surface area contributed by atoms with Crippen molar-refractivity contribution in [1.29, 1.82) is 0 Å². The average Bonchev–Trinajstić information content (AvgIpc) is 3.47. The molecule has 1 aliphatic heterocycles. The minimum atomic E-state index is -0.0509. The Hall–Kier alpha value is -3.61. The molecule has 31 heavy (non-hydrogen) atoms. The van der Waals surface area contributed by atoms with Gasteiger partial charge in [-0.2, -0.15) is 0 Å². The zero-order valence-electron chi connectivity index (χ0n) is 17.8. The van der Waals surface area contributed by atoms with Crippen LogP contribution in [0.1, 0.15) is 35.7 Å². The number of methoxy groups -OCH3 is 2. The van der Waals surface area contributed by atoms with Crippen LogP contribution in [0.4, 0.5) is 0 Å². The predicted octanol–water partition coefficient (Wildman–Crippen LogP) is 3.72. The number of rotatable bonds is 7. The summed E-state index contributed by atoms with van der Waals surface area (Å²) in [7, 11) is 3.28. The Labute approximate surface area is 181 Å². The van der Waals surface area contributed by atoms with Gasteiger partial charge in [0.15, 0.2) is 0 Å². The van der Waals surface area contributed by atoms with Crippen LogP contribution in [0, 0.1) is 0 Å². The van der Waals surface area contributed by atoms with Gasteiger partial charge in [0.2, 0.25) is 5.91 Å². The van der Waals surface area contributed by atoms with Gasteiger partial charge in [0.25, 0.3) is 0 Å². The monoisotopic (exact) mass is 418 g/mol. The van der Waals surface area contributed by atoms with Crippen LogP contribution in [-0.4, -0.2) is 46.6 Å². The van der Waals surface area contributed by atoms with Crippen molar-refractivity contribution in [1.82, 2.24) is 19.9 Å². The normalized spacial score (nSPS) is 16.1. The lowest BCUT2D eigenvalue weighted by Gasteiger charge is -2.25. The second-order valence-electron chi connectivity index (χ2n) is 7.46. The van der Waals surface area contributed by atoms with Gasteiger partial charge in [-0.15, -0.1) is 5.10 Å². The van der Waals surface area contributed by atoms with Crippen molar-refractivity contribution in [3.8, 4) is 11.5 Å². The van der Waals surface area contributed by atoms with Crippen LogP contribution in [0.25, 0.3) is 6.08 Å². The topological polar surface area (TPSA) is 69.5 Å². The molecule has 0 spiro atoms. The number of nitrogens with zero attached hydrogens (tertiary/aromatic N) is 4. The maximum absolute atomic E-state index is 13.0. The number of carbonyl (C=O) groups excluding carboxylic acids is 1. The van der Waals surface area contributed by atoms with Crippen molar-refractivity contribution < 1.29 is 14.3 Å². The molecule has 0 radical (unpaired) electrons. The molecule has 0 saturated carbocycles. The van der Waals surface area contributed by atoms with E-state index >= 15 is 0 Å². The number of benzene rings is 2. The molecule has 1 amide bonds. The third-order valence-corrected chi connectivity index (χ3v) is 5.47. The second-order valence-corrected chi connectivity index (χ2v) is 7.46. The fourth-order valence-electron chi connectivity index (χ4n) is 3.94. The van der Waals surface area contributed by atoms with Crippen molar-refractivity contribution in [3.05, 3.63) is 77.6 Å². The SMILES string of the molecule is COc1ccc(OC)c(C2CCCN2C(=O)C=Cc2cn(Cc3ccccc3)nn2)c1. The zero-order chi connectivity index (χ0) is 21.6. The Morgan fingerprint density at radius 3 is 2.77 bits per heavy atom. The Bertz CT molecular complexity index is 1060. The van der Waals surface area contributed by atoms with Gasteiger partial charge in [-0.25, -0.2) is 4.68 Å². The van der Waals surface area contributed by atoms with Crippen LogP contribution in [0.2, 0.25) is 0 Å². The van der Waals surface area contributed by atoms with Crippen LogP contribution in [-0.2, 0) is 11.3 Å². The number of aromatic nitrogens is 3. The average molecular weight is 418 g/mol. The van der Waals surface area contributed by atoms with E-state index in [1.54, 1.807) is 31.1 Å². The molecule has 1 fully saturated rings. The minimum absolute atomic E-state index is 0.0454. The number of likely N-dealkylation sites (tertiary alicyclic amines) is 1. The van der Waals surface area contributed by atoms with Gasteiger partial charge in [-0.05, 0) is 42.7 Å². The second kappa shape index (κ2) is 9.47. The van der Waals surface area contributed by atoms with Gasteiger partial charge in [0.05, 0.1) is 33.0 Å². The third-order valence-electron chi connectivity index (χ3n) is 5.47. The molecule has 7 heteroatoms. The fraction of sp³-hybridized carbons (Fsp3) is 0.292. The Morgan fingerprint density at radius 2 is 2.00 bits per heavy atom. The van der Waals surface area contributed by atoms with Gasteiger partial charge in [0.1, 0.15) is 17.2 Å². The number of carbonyl (C=O) groups is 1. The van der Waals surface area contributed by atoms with Gasteiger partial charge in [-0.3, -0.25) is 4.79 Å². The highest BCUT2D eigenvalue weighted by Gasteiger charge is 2.31. The summed E-state index contributed by atoms with van der Waals surface area (Å²) in [6, 6.07) is 15.7. The quantitative estimate of drug-likeness (QED) is 0.547. The highest BCUT2D eigenvalue weighted by molar-refractivity contribution is 5.92. The smallest absolute Gasteiger partial charge is 0.247 e. The molecule has 0 aliphatic carbocycles. The highest BCUT2D eigenvalue weighted by atomic mass is 16.5. The van der Waals surface area contributed by atoms with Crippen molar-refractivity contribution >= 4 is 12.0 Å². The lowest BCUT2D eigenvalue weighted by molar-refractivity contribution is -0.126. The first-order valence-corrected chi connectivity index (χ1v) is 10.3. The molecule has 3 aromatic rings. The lowest BCUT2D eigenvalue weighted by Crippen LogP contribution is -2.29. The van der Waals surface area contributed by atoms with Crippen molar-refractivity contribution in [2.75, 3.05) is 20.8 Å². The van der Waals surface area contributed by atoms with Gasteiger partial charge in [-0.1, -0.05) is 35.5 Å². The Kier molecular flexibility index (Phi) is 6.31. The first-order valence-electron chi connectivity index (χ1n) is 10.3. The first-order chi connectivity index (χ1) is 15.2. The van der Waals surface area contributed by atoms with Crippen molar-refractivity contribution in [2.24, 2.45) is 0 Å². The zero-order valence-corrected chi connectivity index (χ0v) is 17.8. The van der Waals surface area contributed by atoms with Crippen LogP contribution in [0.5, 0.6) is 11.5 Å². The van der Waals surface area contributed by atoms with E-state index in [2.05, 4.69) is 10.3 Å². The van der Waals surface area contributed by atoms with E-state index in [1.165, 1.54) is 0 Å². The molecular formula is C24H26N4O3. The molecule has 160 valence electrons. The molecule has 0 N–H and O–H groups in total. The fourth-order valence-corrected chi connectivity index (χ4v) is 3.94. The maximum atomic E-state index is 13.0. The van der Waals surface area contributed by atoms with Gasteiger partial charge < -0.3 is 14.4 Å². The molecule has 7 nitrogen and oxygen atoms in total. The Morgan fingerprint density at radius 1 is 1.16 bits per heavy atom. The van der Waals surface area contributed by atoms with Crippen molar-refractivity contribution in [3.63, 3.8) is 0 Å². The van der Waals surface area contributed by atoms with E-state index in [0.29, 0.717) is 18.8 Å². The van der Waals surface area contributed by atoms with E-state index < -0.39 is 0 Å². The Balaban J connectivity index is 1.46. The van der Waals surface area contributed by atoms with Crippen LogP contribution in [0.15, 0.2) is 60.8 Å². The molecule has 1 aromatic heterocycles. The minimum Gasteiger partial charge on any atom is -0.497 e. The molecule has 1 aliphatic rings. The standard InChI is InChI=1S/C24H26N4O3/c1-30-20-11-12-23(31-2)21(15-20)22-9-6-14-28(22)24(29)13-10-19-17-27(26-25-19)16-18-7-4-3-5-8-18/h3-5,7-8,10-13,15,17,22H,6,9,14,16H2,1-2H3. The predicted molar refractivity (Wildman–Crippen MR) is 118 cm³/mol. The molecular weight excluding hydrogens is 392 g/mol. The summed E-state index contributed by atoms with van der Waals surface area (Å²) in [5.41, 5.74) is 2.76. The van der Waals surface area contributed by atoms with E-state index in [4.69, 9.17) is 9.47 Å². The lowest BCUT2D eigenvalue weighted by atomic mass is 10.0. The molecule has 0 bridgehead atoms. The summed E-state index contributed by atoms with van der Waals surface area (Å²) in [5.74, 6) is 1.46. The van der Waals surface area contributed by atoms with Gasteiger partial charge >= 0.3 is 0 Å². The van der Waals surface area contributed by atoms with Crippen molar-refractivity contribution in [2.45, 2.75) is 25.4 Å². The summed E-state index contributed by atoms with van der Waals surface area (Å²) in [6.07, 6.45) is 6.95. The van der Waals surface area contributed by atoms with Crippen LogP contribution < -0.4 is 9.47 Å².